The molecule has 3 heteroatoms. The highest BCUT2D eigenvalue weighted by atomic mass is 15.2. The van der Waals surface area contributed by atoms with Gasteiger partial charge in [-0.25, -0.2) is 0 Å². The SMILES string of the molecule is CN1CCC(CNCC2CCCN2C)CC1. The number of nitrogens with one attached hydrogen (secondary N) is 1. The molecular weight excluding hydrogens is 198 g/mol. The summed E-state index contributed by atoms with van der Waals surface area (Å²) in [5.41, 5.74) is 0. The summed E-state index contributed by atoms with van der Waals surface area (Å²) in [4.78, 5) is 4.95. The first-order valence-electron chi connectivity index (χ1n) is 6.85. The van der Waals surface area contributed by atoms with Gasteiger partial charge in [0.2, 0.25) is 0 Å². The molecule has 2 rings (SSSR count). The van der Waals surface area contributed by atoms with Gasteiger partial charge in [-0.05, 0) is 71.9 Å². The Morgan fingerprint density at radius 2 is 1.75 bits per heavy atom. The monoisotopic (exact) mass is 225 g/mol. The van der Waals surface area contributed by atoms with Crippen LogP contribution >= 0.6 is 0 Å². The third kappa shape index (κ3) is 3.44. The second kappa shape index (κ2) is 5.99. The van der Waals surface area contributed by atoms with Gasteiger partial charge in [0.15, 0.2) is 0 Å². The summed E-state index contributed by atoms with van der Waals surface area (Å²) in [6.45, 7) is 6.30. The molecule has 3 nitrogen and oxygen atoms in total. The van der Waals surface area contributed by atoms with Gasteiger partial charge in [0, 0.05) is 12.6 Å². The van der Waals surface area contributed by atoms with Crippen molar-refractivity contribution in [1.29, 1.82) is 0 Å². The van der Waals surface area contributed by atoms with Gasteiger partial charge in [-0.15, -0.1) is 0 Å². The molecule has 2 aliphatic heterocycles. The Kier molecular flexibility index (Phi) is 4.62. The third-order valence-corrected chi connectivity index (χ3v) is 4.32. The van der Waals surface area contributed by atoms with Crippen LogP contribution in [-0.4, -0.2) is 62.7 Å². The van der Waals surface area contributed by atoms with E-state index in [1.165, 1.54) is 58.4 Å². The van der Waals surface area contributed by atoms with Crippen molar-refractivity contribution in [2.75, 3.05) is 46.8 Å². The molecule has 0 bridgehead atoms. The summed E-state index contributed by atoms with van der Waals surface area (Å²) < 4.78 is 0. The molecule has 0 aliphatic carbocycles. The van der Waals surface area contributed by atoms with Crippen LogP contribution < -0.4 is 5.32 Å². The van der Waals surface area contributed by atoms with Crippen LogP contribution in [0.3, 0.4) is 0 Å². The number of hydrogen-bond acceptors (Lipinski definition) is 3. The van der Waals surface area contributed by atoms with Crippen LogP contribution in [0.4, 0.5) is 0 Å². The molecule has 1 N–H and O–H groups in total. The van der Waals surface area contributed by atoms with E-state index in [9.17, 15) is 0 Å². The molecule has 0 aromatic heterocycles. The topological polar surface area (TPSA) is 18.5 Å². The lowest BCUT2D eigenvalue weighted by atomic mass is 9.97. The third-order valence-electron chi connectivity index (χ3n) is 4.32. The summed E-state index contributed by atoms with van der Waals surface area (Å²) in [5.74, 6) is 0.919. The molecule has 0 spiro atoms. The van der Waals surface area contributed by atoms with Crippen molar-refractivity contribution in [1.82, 2.24) is 15.1 Å². The molecule has 2 heterocycles. The minimum atomic E-state index is 0.797. The fourth-order valence-corrected chi connectivity index (χ4v) is 2.96. The quantitative estimate of drug-likeness (QED) is 0.770. The van der Waals surface area contributed by atoms with E-state index in [-0.39, 0.29) is 0 Å². The second-order valence-electron chi connectivity index (χ2n) is 5.68. The molecule has 2 saturated heterocycles. The summed E-state index contributed by atoms with van der Waals surface area (Å²) >= 11 is 0. The molecule has 1 unspecified atom stereocenters. The minimum absolute atomic E-state index is 0.797. The maximum atomic E-state index is 3.68. The zero-order valence-corrected chi connectivity index (χ0v) is 10.9. The van der Waals surface area contributed by atoms with Gasteiger partial charge in [0.05, 0.1) is 0 Å². The van der Waals surface area contributed by atoms with Gasteiger partial charge < -0.3 is 15.1 Å². The molecule has 0 aromatic rings. The van der Waals surface area contributed by atoms with Crippen molar-refractivity contribution in [3.05, 3.63) is 0 Å². The van der Waals surface area contributed by atoms with Crippen molar-refractivity contribution in [2.45, 2.75) is 31.7 Å². The van der Waals surface area contributed by atoms with E-state index in [2.05, 4.69) is 29.2 Å². The van der Waals surface area contributed by atoms with Crippen LogP contribution in [-0.2, 0) is 0 Å². The second-order valence-corrected chi connectivity index (χ2v) is 5.68. The largest absolute Gasteiger partial charge is 0.315 e. The van der Waals surface area contributed by atoms with Gasteiger partial charge in [-0.2, -0.15) is 0 Å². The average molecular weight is 225 g/mol. The van der Waals surface area contributed by atoms with Gasteiger partial charge in [-0.1, -0.05) is 0 Å². The van der Waals surface area contributed by atoms with Crippen LogP contribution in [0.2, 0.25) is 0 Å². The Morgan fingerprint density at radius 1 is 1.00 bits per heavy atom. The Hall–Kier alpha value is -0.120. The number of hydrogen-bond donors (Lipinski definition) is 1. The summed E-state index contributed by atoms with van der Waals surface area (Å²) in [5, 5.41) is 3.68. The number of likely N-dealkylation sites (tertiary alicyclic amines) is 2. The molecular formula is C13H27N3. The maximum Gasteiger partial charge on any atom is 0.0218 e. The van der Waals surface area contributed by atoms with E-state index in [1.54, 1.807) is 0 Å². The molecule has 0 amide bonds. The fourth-order valence-electron chi connectivity index (χ4n) is 2.96. The van der Waals surface area contributed by atoms with Gasteiger partial charge in [0.25, 0.3) is 0 Å². The first-order chi connectivity index (χ1) is 7.75. The number of piperidine rings is 1. The highest BCUT2D eigenvalue weighted by Gasteiger charge is 2.21. The maximum absolute atomic E-state index is 3.68. The summed E-state index contributed by atoms with van der Waals surface area (Å²) in [6, 6.07) is 0.797. The number of likely N-dealkylation sites (N-methyl/N-ethyl adjacent to an activating group) is 1. The lowest BCUT2D eigenvalue weighted by Crippen LogP contribution is -2.40. The lowest BCUT2D eigenvalue weighted by Gasteiger charge is -2.29. The summed E-state index contributed by atoms with van der Waals surface area (Å²) in [7, 11) is 4.49. The molecule has 94 valence electrons. The highest BCUT2D eigenvalue weighted by Crippen LogP contribution is 2.16. The molecule has 1 atom stereocenters. The highest BCUT2D eigenvalue weighted by molar-refractivity contribution is 4.79. The molecule has 2 aliphatic rings. The van der Waals surface area contributed by atoms with Crippen LogP contribution in [0, 0.1) is 5.92 Å². The van der Waals surface area contributed by atoms with Crippen molar-refractivity contribution in [2.24, 2.45) is 5.92 Å². The number of rotatable bonds is 4. The fraction of sp³-hybridized carbons (Fsp3) is 1.00. The predicted molar refractivity (Wildman–Crippen MR) is 68.7 cm³/mol. The van der Waals surface area contributed by atoms with Crippen molar-refractivity contribution in [3.63, 3.8) is 0 Å². The zero-order chi connectivity index (χ0) is 11.4. The van der Waals surface area contributed by atoms with Crippen molar-refractivity contribution < 1.29 is 0 Å². The Labute approximate surface area is 100 Å². The lowest BCUT2D eigenvalue weighted by molar-refractivity contribution is 0.211. The average Bonchev–Trinajstić information content (AvgIpc) is 2.68. The number of nitrogens with zero attached hydrogens (tertiary/aromatic N) is 2. The smallest absolute Gasteiger partial charge is 0.0218 e. The van der Waals surface area contributed by atoms with Crippen LogP contribution in [0.25, 0.3) is 0 Å². The van der Waals surface area contributed by atoms with E-state index in [0.717, 1.165) is 12.0 Å². The van der Waals surface area contributed by atoms with E-state index >= 15 is 0 Å². The molecule has 0 saturated carbocycles. The predicted octanol–water partition coefficient (Wildman–Crippen LogP) is 1.01. The van der Waals surface area contributed by atoms with Crippen LogP contribution in [0.1, 0.15) is 25.7 Å². The first kappa shape index (κ1) is 12.3. The van der Waals surface area contributed by atoms with Crippen molar-refractivity contribution in [3.8, 4) is 0 Å². The van der Waals surface area contributed by atoms with Crippen LogP contribution in [0.15, 0.2) is 0 Å². The van der Waals surface area contributed by atoms with E-state index in [1.807, 2.05) is 0 Å². The van der Waals surface area contributed by atoms with Crippen molar-refractivity contribution >= 4 is 0 Å². The van der Waals surface area contributed by atoms with Gasteiger partial charge in [0.1, 0.15) is 0 Å². The summed E-state index contributed by atoms with van der Waals surface area (Å²) in [6.07, 6.45) is 5.53. The zero-order valence-electron chi connectivity index (χ0n) is 10.9. The van der Waals surface area contributed by atoms with E-state index in [4.69, 9.17) is 0 Å². The Balaban J connectivity index is 1.57. The molecule has 2 fully saturated rings. The Bertz CT molecular complexity index is 199. The molecule has 16 heavy (non-hydrogen) atoms. The normalized spacial score (nSPS) is 30.0. The van der Waals surface area contributed by atoms with Crippen LogP contribution in [0.5, 0.6) is 0 Å². The standard InChI is InChI=1S/C13H27N3/c1-15-8-5-12(6-9-15)10-14-11-13-4-3-7-16(13)2/h12-14H,3-11H2,1-2H3. The van der Waals surface area contributed by atoms with E-state index < -0.39 is 0 Å². The van der Waals surface area contributed by atoms with Gasteiger partial charge >= 0.3 is 0 Å². The minimum Gasteiger partial charge on any atom is -0.315 e. The Morgan fingerprint density at radius 3 is 2.38 bits per heavy atom. The van der Waals surface area contributed by atoms with Gasteiger partial charge in [-0.3, -0.25) is 0 Å². The molecule has 0 radical (unpaired) electrons. The van der Waals surface area contributed by atoms with E-state index in [0.29, 0.717) is 0 Å². The first-order valence-corrected chi connectivity index (χ1v) is 6.85. The molecule has 0 aromatic carbocycles.